The van der Waals surface area contributed by atoms with Gasteiger partial charge < -0.3 is 10.4 Å². The fourth-order valence-corrected chi connectivity index (χ4v) is 1.27. The van der Waals surface area contributed by atoms with Gasteiger partial charge in [0.1, 0.15) is 5.82 Å². The lowest BCUT2D eigenvalue weighted by molar-refractivity contribution is 0.0690. The second-order valence-electron chi connectivity index (χ2n) is 3.47. The minimum absolute atomic E-state index is 0.0853. The first-order valence-corrected chi connectivity index (χ1v) is 4.89. The normalized spacial score (nSPS) is 9.94. The first-order chi connectivity index (χ1) is 8.15. The van der Waals surface area contributed by atoms with Gasteiger partial charge >= 0.3 is 5.97 Å². The number of carboxylic acids is 1. The Kier molecular flexibility index (Phi) is 2.95. The molecule has 0 saturated heterocycles. The summed E-state index contributed by atoms with van der Waals surface area (Å²) in [6, 6.07) is 1.90. The molecule has 2 N–H and O–H groups in total. The number of carboxylic acid groups (broad SMARTS) is 1. The lowest BCUT2D eigenvalue weighted by atomic mass is 10.3. The van der Waals surface area contributed by atoms with Crippen molar-refractivity contribution in [3.8, 4) is 0 Å². The van der Waals surface area contributed by atoms with Gasteiger partial charge in [0.05, 0.1) is 24.3 Å². The van der Waals surface area contributed by atoms with Gasteiger partial charge in [-0.3, -0.25) is 4.98 Å². The standard InChI is InChI=1S/C11H10N4O2/c1-7-2-8(4-12-3-7)15-10-6-13-9(5-14-10)11(16)17/h2-6H,1H3,(H,14,15)(H,16,17). The van der Waals surface area contributed by atoms with Crippen molar-refractivity contribution in [2.75, 3.05) is 5.32 Å². The molecule has 0 aliphatic rings. The van der Waals surface area contributed by atoms with Crippen LogP contribution < -0.4 is 5.32 Å². The molecule has 0 aromatic carbocycles. The molecule has 0 radical (unpaired) electrons. The quantitative estimate of drug-likeness (QED) is 0.833. The maximum atomic E-state index is 10.6. The minimum Gasteiger partial charge on any atom is -0.476 e. The van der Waals surface area contributed by atoms with E-state index in [0.717, 1.165) is 11.3 Å². The molecule has 0 aliphatic carbocycles. The maximum absolute atomic E-state index is 10.6. The number of anilines is 2. The first-order valence-electron chi connectivity index (χ1n) is 4.89. The summed E-state index contributed by atoms with van der Waals surface area (Å²) in [7, 11) is 0. The van der Waals surface area contributed by atoms with E-state index in [1.54, 1.807) is 12.4 Å². The zero-order valence-corrected chi connectivity index (χ0v) is 9.08. The summed E-state index contributed by atoms with van der Waals surface area (Å²) in [5.74, 6) is -0.622. The van der Waals surface area contributed by atoms with E-state index in [-0.39, 0.29) is 5.69 Å². The predicted molar refractivity (Wildman–Crippen MR) is 61.2 cm³/mol. The number of rotatable bonds is 3. The molecule has 0 amide bonds. The zero-order valence-electron chi connectivity index (χ0n) is 9.08. The SMILES string of the molecule is Cc1cncc(Nc2cnc(C(=O)O)cn2)c1. The van der Waals surface area contributed by atoms with Crippen molar-refractivity contribution >= 4 is 17.5 Å². The first kappa shape index (κ1) is 11.0. The molecule has 2 aromatic rings. The summed E-state index contributed by atoms with van der Waals surface area (Å²) in [4.78, 5) is 22.3. The van der Waals surface area contributed by atoms with Crippen LogP contribution in [0.25, 0.3) is 0 Å². The van der Waals surface area contributed by atoms with Crippen LogP contribution in [-0.2, 0) is 0 Å². The maximum Gasteiger partial charge on any atom is 0.356 e. The number of pyridine rings is 1. The Balaban J connectivity index is 2.16. The summed E-state index contributed by atoms with van der Waals surface area (Å²) >= 11 is 0. The van der Waals surface area contributed by atoms with Gasteiger partial charge in [0.2, 0.25) is 0 Å². The van der Waals surface area contributed by atoms with E-state index in [0.29, 0.717) is 5.82 Å². The van der Waals surface area contributed by atoms with Crippen molar-refractivity contribution in [2.24, 2.45) is 0 Å². The van der Waals surface area contributed by atoms with Gasteiger partial charge in [-0.15, -0.1) is 0 Å². The molecule has 6 heteroatoms. The molecule has 2 aromatic heterocycles. The van der Waals surface area contributed by atoms with E-state index in [9.17, 15) is 4.79 Å². The molecule has 86 valence electrons. The van der Waals surface area contributed by atoms with Crippen molar-refractivity contribution in [2.45, 2.75) is 6.92 Å². The Bertz CT molecular complexity index is 539. The topological polar surface area (TPSA) is 88.0 Å². The second-order valence-corrected chi connectivity index (χ2v) is 3.47. The summed E-state index contributed by atoms with van der Waals surface area (Å²) < 4.78 is 0. The third-order valence-electron chi connectivity index (χ3n) is 2.02. The third kappa shape index (κ3) is 2.75. The highest BCUT2D eigenvalue weighted by atomic mass is 16.4. The van der Waals surface area contributed by atoms with Crippen molar-refractivity contribution in [3.63, 3.8) is 0 Å². The molecule has 0 spiro atoms. The molecule has 17 heavy (non-hydrogen) atoms. The number of aromatic carboxylic acids is 1. The molecule has 0 bridgehead atoms. The average molecular weight is 230 g/mol. The summed E-state index contributed by atoms with van der Waals surface area (Å²) in [5, 5.41) is 11.7. The highest BCUT2D eigenvalue weighted by Crippen LogP contribution is 2.13. The van der Waals surface area contributed by atoms with Gasteiger partial charge in [-0.25, -0.2) is 14.8 Å². The van der Waals surface area contributed by atoms with Gasteiger partial charge in [-0.2, -0.15) is 0 Å². The molecule has 0 fully saturated rings. The van der Waals surface area contributed by atoms with Crippen molar-refractivity contribution < 1.29 is 9.90 Å². The lowest BCUT2D eigenvalue weighted by Crippen LogP contribution is -2.02. The Hall–Kier alpha value is -2.50. The van der Waals surface area contributed by atoms with Crippen LogP contribution in [0.2, 0.25) is 0 Å². The molecule has 0 saturated carbocycles. The summed E-state index contributed by atoms with van der Waals surface area (Å²) in [5.41, 5.74) is 1.71. The minimum atomic E-state index is -1.10. The smallest absolute Gasteiger partial charge is 0.356 e. The average Bonchev–Trinajstić information content (AvgIpc) is 2.29. The van der Waals surface area contributed by atoms with Crippen LogP contribution in [0.4, 0.5) is 11.5 Å². The molecule has 0 aliphatic heterocycles. The molecule has 0 atom stereocenters. The Labute approximate surface area is 97.4 Å². The van der Waals surface area contributed by atoms with E-state index in [2.05, 4.69) is 20.3 Å². The summed E-state index contributed by atoms with van der Waals surface area (Å²) in [6.45, 7) is 1.93. The Morgan fingerprint density at radius 3 is 2.65 bits per heavy atom. The van der Waals surface area contributed by atoms with Gasteiger partial charge in [0.15, 0.2) is 5.69 Å². The highest BCUT2D eigenvalue weighted by molar-refractivity contribution is 5.84. The third-order valence-corrected chi connectivity index (χ3v) is 2.02. The fraction of sp³-hybridized carbons (Fsp3) is 0.0909. The van der Waals surface area contributed by atoms with Crippen molar-refractivity contribution in [1.29, 1.82) is 0 Å². The van der Waals surface area contributed by atoms with Crippen LogP contribution >= 0.6 is 0 Å². The van der Waals surface area contributed by atoms with E-state index in [1.807, 2.05) is 13.0 Å². The molecule has 0 unspecified atom stereocenters. The molecule has 2 rings (SSSR count). The second kappa shape index (κ2) is 4.56. The number of nitrogens with zero attached hydrogens (tertiary/aromatic N) is 3. The Morgan fingerprint density at radius 2 is 2.06 bits per heavy atom. The largest absolute Gasteiger partial charge is 0.476 e. The van der Waals surface area contributed by atoms with Gasteiger partial charge in [0.25, 0.3) is 0 Å². The van der Waals surface area contributed by atoms with Crippen LogP contribution in [0.5, 0.6) is 0 Å². The number of hydrogen-bond donors (Lipinski definition) is 2. The van der Waals surface area contributed by atoms with E-state index < -0.39 is 5.97 Å². The fourth-order valence-electron chi connectivity index (χ4n) is 1.27. The van der Waals surface area contributed by atoms with Crippen molar-refractivity contribution in [3.05, 3.63) is 42.1 Å². The number of carbonyl (C=O) groups is 1. The number of nitrogens with one attached hydrogen (secondary N) is 1. The van der Waals surface area contributed by atoms with Gasteiger partial charge in [-0.1, -0.05) is 0 Å². The van der Waals surface area contributed by atoms with Crippen LogP contribution in [0.1, 0.15) is 16.1 Å². The van der Waals surface area contributed by atoms with Crippen LogP contribution in [0.15, 0.2) is 30.9 Å². The van der Waals surface area contributed by atoms with E-state index in [1.165, 1.54) is 12.4 Å². The molecule has 2 heterocycles. The summed E-state index contributed by atoms with van der Waals surface area (Å²) in [6.07, 6.45) is 5.96. The van der Waals surface area contributed by atoms with E-state index >= 15 is 0 Å². The molecular weight excluding hydrogens is 220 g/mol. The molecular formula is C11H10N4O2. The van der Waals surface area contributed by atoms with Crippen LogP contribution in [0, 0.1) is 6.92 Å². The monoisotopic (exact) mass is 230 g/mol. The number of aryl methyl sites for hydroxylation is 1. The van der Waals surface area contributed by atoms with Gasteiger partial charge in [0, 0.05) is 6.20 Å². The zero-order chi connectivity index (χ0) is 12.3. The van der Waals surface area contributed by atoms with Crippen LogP contribution in [0.3, 0.4) is 0 Å². The van der Waals surface area contributed by atoms with Gasteiger partial charge in [-0.05, 0) is 18.6 Å². The number of hydrogen-bond acceptors (Lipinski definition) is 5. The lowest BCUT2D eigenvalue weighted by Gasteiger charge is -2.05. The van der Waals surface area contributed by atoms with E-state index in [4.69, 9.17) is 5.11 Å². The Morgan fingerprint density at radius 1 is 1.24 bits per heavy atom. The van der Waals surface area contributed by atoms with Crippen LogP contribution in [-0.4, -0.2) is 26.0 Å². The highest BCUT2D eigenvalue weighted by Gasteiger charge is 2.04. The molecule has 6 nitrogen and oxygen atoms in total. The number of aromatic nitrogens is 3. The predicted octanol–water partition coefficient (Wildman–Crippen LogP) is 1.62. The van der Waals surface area contributed by atoms with Crippen molar-refractivity contribution in [1.82, 2.24) is 15.0 Å².